The smallest absolute Gasteiger partial charge is 0.307 e. The van der Waals surface area contributed by atoms with Crippen molar-refractivity contribution in [2.45, 2.75) is 13.3 Å². The van der Waals surface area contributed by atoms with Gasteiger partial charge in [0.2, 0.25) is 0 Å². The molecule has 1 aromatic heterocycles. The van der Waals surface area contributed by atoms with Gasteiger partial charge in [0, 0.05) is 16.8 Å². The molecule has 1 heterocycles. The standard InChI is InChI=1S/C9H10FNO2/c1-2-8-7(4-10)6(5-11-8)3-9(12)13/h2,4-5,11H,3H2,1H3,(H,12,13)/b7-4-,8-2+. The largest absolute Gasteiger partial charge is 0.481 e. The van der Waals surface area contributed by atoms with Crippen LogP contribution in [0.3, 0.4) is 0 Å². The van der Waals surface area contributed by atoms with Crippen LogP contribution in [-0.2, 0) is 11.2 Å². The first kappa shape index (κ1) is 9.51. The fourth-order valence-corrected chi connectivity index (χ4v) is 1.17. The van der Waals surface area contributed by atoms with Gasteiger partial charge in [-0.15, -0.1) is 0 Å². The quantitative estimate of drug-likeness (QED) is 0.685. The Balaban J connectivity index is 3.26. The van der Waals surface area contributed by atoms with Gasteiger partial charge in [-0.25, -0.2) is 4.39 Å². The summed E-state index contributed by atoms with van der Waals surface area (Å²) < 4.78 is 12.4. The van der Waals surface area contributed by atoms with Crippen LogP contribution in [0.25, 0.3) is 12.4 Å². The Bertz CT molecular complexity index is 419. The summed E-state index contributed by atoms with van der Waals surface area (Å²) in [5.74, 6) is -0.968. The van der Waals surface area contributed by atoms with E-state index in [0.717, 1.165) is 0 Å². The maximum absolute atomic E-state index is 12.4. The van der Waals surface area contributed by atoms with Gasteiger partial charge in [0.25, 0.3) is 0 Å². The lowest BCUT2D eigenvalue weighted by Crippen LogP contribution is -2.25. The molecule has 0 aliphatic carbocycles. The van der Waals surface area contributed by atoms with Gasteiger partial charge in [-0.2, -0.15) is 0 Å². The van der Waals surface area contributed by atoms with Crippen molar-refractivity contribution in [3.63, 3.8) is 0 Å². The Morgan fingerprint density at radius 3 is 2.92 bits per heavy atom. The summed E-state index contributed by atoms with van der Waals surface area (Å²) in [6.45, 7) is 1.75. The maximum atomic E-state index is 12.4. The maximum Gasteiger partial charge on any atom is 0.307 e. The Morgan fingerprint density at radius 1 is 1.77 bits per heavy atom. The first-order valence-corrected chi connectivity index (χ1v) is 3.84. The molecule has 0 unspecified atom stereocenters. The molecule has 0 aliphatic rings. The van der Waals surface area contributed by atoms with E-state index in [1.807, 2.05) is 0 Å². The highest BCUT2D eigenvalue weighted by molar-refractivity contribution is 5.70. The molecule has 0 bridgehead atoms. The number of carboxylic acid groups (broad SMARTS) is 1. The van der Waals surface area contributed by atoms with Crippen molar-refractivity contribution in [1.82, 2.24) is 4.98 Å². The highest BCUT2D eigenvalue weighted by Crippen LogP contribution is 1.88. The van der Waals surface area contributed by atoms with E-state index in [0.29, 0.717) is 22.5 Å². The normalized spacial score (nSPS) is 13.7. The molecule has 0 saturated carbocycles. The highest BCUT2D eigenvalue weighted by atomic mass is 19.1. The van der Waals surface area contributed by atoms with Gasteiger partial charge in [-0.05, 0) is 12.5 Å². The van der Waals surface area contributed by atoms with Crippen LogP contribution in [0.5, 0.6) is 0 Å². The Morgan fingerprint density at radius 2 is 2.46 bits per heavy atom. The molecule has 0 radical (unpaired) electrons. The minimum Gasteiger partial charge on any atom is -0.481 e. The lowest BCUT2D eigenvalue weighted by Gasteiger charge is -1.88. The number of aromatic nitrogens is 1. The Kier molecular flexibility index (Phi) is 2.84. The van der Waals surface area contributed by atoms with Crippen LogP contribution in [0.15, 0.2) is 6.20 Å². The van der Waals surface area contributed by atoms with Crippen molar-refractivity contribution >= 4 is 18.4 Å². The third kappa shape index (κ3) is 1.96. The van der Waals surface area contributed by atoms with Crippen LogP contribution in [0.2, 0.25) is 0 Å². The topological polar surface area (TPSA) is 53.1 Å². The number of carboxylic acids is 1. The minimum absolute atomic E-state index is 0.167. The average molecular weight is 183 g/mol. The number of rotatable bonds is 2. The summed E-state index contributed by atoms with van der Waals surface area (Å²) in [6, 6.07) is 0. The molecule has 2 N–H and O–H groups in total. The number of hydrogen-bond acceptors (Lipinski definition) is 1. The Labute approximate surface area is 74.2 Å². The number of carbonyl (C=O) groups is 1. The summed E-state index contributed by atoms with van der Waals surface area (Å²) >= 11 is 0. The third-order valence-corrected chi connectivity index (χ3v) is 1.78. The number of aromatic amines is 1. The summed E-state index contributed by atoms with van der Waals surface area (Å²) in [7, 11) is 0. The van der Waals surface area contributed by atoms with Crippen LogP contribution in [0, 0.1) is 0 Å². The van der Waals surface area contributed by atoms with Gasteiger partial charge in [-0.3, -0.25) is 4.79 Å². The lowest BCUT2D eigenvalue weighted by atomic mass is 10.2. The summed E-state index contributed by atoms with van der Waals surface area (Å²) in [4.78, 5) is 13.2. The zero-order valence-corrected chi connectivity index (χ0v) is 7.17. The molecule has 4 heteroatoms. The first-order chi connectivity index (χ1) is 6.19. The molecule has 0 spiro atoms. The number of nitrogens with one attached hydrogen (secondary N) is 1. The van der Waals surface area contributed by atoms with Crippen molar-refractivity contribution in [2.75, 3.05) is 0 Å². The second-order valence-electron chi connectivity index (χ2n) is 2.61. The van der Waals surface area contributed by atoms with Gasteiger partial charge >= 0.3 is 5.97 Å². The van der Waals surface area contributed by atoms with E-state index < -0.39 is 5.97 Å². The minimum atomic E-state index is -0.968. The average Bonchev–Trinajstić information content (AvgIpc) is 2.45. The number of aliphatic carboxylic acids is 1. The van der Waals surface area contributed by atoms with Gasteiger partial charge in [0.1, 0.15) is 0 Å². The van der Waals surface area contributed by atoms with Crippen LogP contribution in [0.4, 0.5) is 4.39 Å². The molecular formula is C9H10FNO2. The molecule has 0 saturated heterocycles. The second-order valence-corrected chi connectivity index (χ2v) is 2.61. The molecule has 70 valence electrons. The van der Waals surface area contributed by atoms with Crippen molar-refractivity contribution < 1.29 is 14.3 Å². The zero-order valence-electron chi connectivity index (χ0n) is 7.17. The molecular weight excluding hydrogens is 173 g/mol. The van der Waals surface area contributed by atoms with Crippen molar-refractivity contribution in [3.05, 3.63) is 22.3 Å². The predicted molar refractivity (Wildman–Crippen MR) is 47.1 cm³/mol. The van der Waals surface area contributed by atoms with E-state index in [9.17, 15) is 9.18 Å². The summed E-state index contributed by atoms with van der Waals surface area (Å²) in [5, 5.41) is 9.44. The van der Waals surface area contributed by atoms with E-state index in [2.05, 4.69) is 4.98 Å². The molecule has 0 amide bonds. The number of halogens is 1. The van der Waals surface area contributed by atoms with E-state index in [-0.39, 0.29) is 6.42 Å². The van der Waals surface area contributed by atoms with E-state index in [1.54, 1.807) is 13.0 Å². The van der Waals surface area contributed by atoms with E-state index in [1.165, 1.54) is 6.20 Å². The van der Waals surface area contributed by atoms with Crippen LogP contribution in [0.1, 0.15) is 12.5 Å². The fourth-order valence-electron chi connectivity index (χ4n) is 1.17. The van der Waals surface area contributed by atoms with Crippen LogP contribution < -0.4 is 10.6 Å². The molecule has 1 rings (SSSR count). The first-order valence-electron chi connectivity index (χ1n) is 3.84. The van der Waals surface area contributed by atoms with Gasteiger partial charge in [-0.1, -0.05) is 6.08 Å². The van der Waals surface area contributed by atoms with Crippen molar-refractivity contribution in [3.8, 4) is 0 Å². The molecule has 13 heavy (non-hydrogen) atoms. The van der Waals surface area contributed by atoms with Crippen LogP contribution >= 0.6 is 0 Å². The molecule has 0 atom stereocenters. The van der Waals surface area contributed by atoms with Gasteiger partial charge in [0.05, 0.1) is 12.8 Å². The molecule has 0 aliphatic heterocycles. The SMILES string of the molecule is C/C=c1/[nH]cc(CC(=O)O)/c1=C/F. The Hall–Kier alpha value is -1.58. The van der Waals surface area contributed by atoms with Crippen molar-refractivity contribution in [2.24, 2.45) is 0 Å². The lowest BCUT2D eigenvalue weighted by molar-refractivity contribution is -0.136. The molecule has 0 fully saturated rings. The number of hydrogen-bond donors (Lipinski definition) is 2. The van der Waals surface area contributed by atoms with E-state index >= 15 is 0 Å². The molecule has 1 aromatic rings. The molecule has 3 nitrogen and oxygen atoms in total. The predicted octanol–water partition coefficient (Wildman–Crippen LogP) is 0.150. The summed E-state index contributed by atoms with van der Waals surface area (Å²) in [6.07, 6.45) is 3.45. The third-order valence-electron chi connectivity index (χ3n) is 1.78. The zero-order chi connectivity index (χ0) is 9.84. The van der Waals surface area contributed by atoms with Crippen LogP contribution in [-0.4, -0.2) is 16.1 Å². The highest BCUT2D eigenvalue weighted by Gasteiger charge is 2.03. The molecule has 0 aromatic carbocycles. The van der Waals surface area contributed by atoms with Crippen molar-refractivity contribution in [1.29, 1.82) is 0 Å². The summed E-state index contributed by atoms with van der Waals surface area (Å²) in [5.41, 5.74) is 0.461. The fraction of sp³-hybridized carbons (Fsp3) is 0.222. The second kappa shape index (κ2) is 3.89. The van der Waals surface area contributed by atoms with E-state index in [4.69, 9.17) is 5.11 Å². The monoisotopic (exact) mass is 183 g/mol. The van der Waals surface area contributed by atoms with Gasteiger partial charge < -0.3 is 10.1 Å². The van der Waals surface area contributed by atoms with Gasteiger partial charge in [0.15, 0.2) is 0 Å². The number of H-pyrrole nitrogens is 1.